The van der Waals surface area contributed by atoms with Crippen molar-refractivity contribution in [1.29, 1.82) is 5.26 Å². The number of benzene rings is 1. The largest absolute Gasteiger partial charge is 0.260 e. The van der Waals surface area contributed by atoms with E-state index in [1.165, 1.54) is 11.8 Å². The van der Waals surface area contributed by atoms with Crippen molar-refractivity contribution in [3.8, 4) is 6.07 Å². The topological polar surface area (TPSA) is 49.6 Å². The summed E-state index contributed by atoms with van der Waals surface area (Å²) in [5, 5.41) is 9.78. The van der Waals surface area contributed by atoms with Gasteiger partial charge in [-0.25, -0.2) is 4.98 Å². The molecule has 0 N–H and O–H groups in total. The average Bonchev–Trinajstić information content (AvgIpc) is 2.31. The zero-order chi connectivity index (χ0) is 11.4. The highest BCUT2D eigenvalue weighted by Gasteiger charge is 2.05. The summed E-state index contributed by atoms with van der Waals surface area (Å²) in [6, 6.07) is 7.92. The van der Waals surface area contributed by atoms with Gasteiger partial charge in [-0.2, -0.15) is 5.26 Å². The van der Waals surface area contributed by atoms with Gasteiger partial charge in [0.2, 0.25) is 0 Å². The van der Waals surface area contributed by atoms with E-state index in [1.807, 2.05) is 25.1 Å². The van der Waals surface area contributed by atoms with Crippen molar-refractivity contribution in [2.45, 2.75) is 16.8 Å². The van der Waals surface area contributed by atoms with E-state index in [1.54, 1.807) is 18.6 Å². The van der Waals surface area contributed by atoms with Gasteiger partial charge in [0.25, 0.3) is 0 Å². The molecular formula is C12H9N3S. The molecular weight excluding hydrogens is 218 g/mol. The van der Waals surface area contributed by atoms with Gasteiger partial charge in [0.1, 0.15) is 11.1 Å². The Bertz CT molecular complexity index is 532. The summed E-state index contributed by atoms with van der Waals surface area (Å²) in [5.41, 5.74) is 1.80. The SMILES string of the molecule is Cc1ccc(C#N)c(Sc2cnccn2)c1. The number of hydrogen-bond donors (Lipinski definition) is 0. The highest BCUT2D eigenvalue weighted by molar-refractivity contribution is 7.99. The summed E-state index contributed by atoms with van der Waals surface area (Å²) < 4.78 is 0. The molecule has 0 saturated heterocycles. The van der Waals surface area contributed by atoms with Crippen LogP contribution in [0.5, 0.6) is 0 Å². The van der Waals surface area contributed by atoms with Crippen molar-refractivity contribution in [1.82, 2.24) is 9.97 Å². The molecule has 1 aromatic carbocycles. The van der Waals surface area contributed by atoms with E-state index in [9.17, 15) is 0 Å². The van der Waals surface area contributed by atoms with Gasteiger partial charge < -0.3 is 0 Å². The first-order valence-electron chi connectivity index (χ1n) is 4.74. The summed E-state index contributed by atoms with van der Waals surface area (Å²) >= 11 is 1.46. The molecule has 0 unspecified atom stereocenters. The summed E-state index contributed by atoms with van der Waals surface area (Å²) in [6.07, 6.45) is 4.96. The molecule has 0 saturated carbocycles. The van der Waals surface area contributed by atoms with Gasteiger partial charge in [-0.3, -0.25) is 4.98 Å². The Kier molecular flexibility index (Phi) is 3.18. The molecule has 0 amide bonds. The molecule has 2 rings (SSSR count). The number of nitrogens with zero attached hydrogens (tertiary/aromatic N) is 3. The molecule has 1 aromatic heterocycles. The average molecular weight is 227 g/mol. The van der Waals surface area contributed by atoms with E-state index in [4.69, 9.17) is 5.26 Å². The number of rotatable bonds is 2. The lowest BCUT2D eigenvalue weighted by atomic mass is 10.2. The zero-order valence-corrected chi connectivity index (χ0v) is 9.53. The van der Waals surface area contributed by atoms with E-state index in [2.05, 4.69) is 16.0 Å². The predicted molar refractivity (Wildman–Crippen MR) is 62.0 cm³/mol. The van der Waals surface area contributed by atoms with Gasteiger partial charge in [-0.15, -0.1) is 0 Å². The number of aryl methyl sites for hydroxylation is 1. The second-order valence-corrected chi connectivity index (χ2v) is 4.32. The van der Waals surface area contributed by atoms with Crippen LogP contribution in [0.2, 0.25) is 0 Å². The van der Waals surface area contributed by atoms with E-state index in [0.29, 0.717) is 5.56 Å². The summed E-state index contributed by atoms with van der Waals surface area (Å²) in [6.45, 7) is 2.00. The quantitative estimate of drug-likeness (QED) is 0.791. The fourth-order valence-electron chi connectivity index (χ4n) is 1.26. The Morgan fingerprint density at radius 2 is 2.19 bits per heavy atom. The minimum absolute atomic E-state index is 0.668. The summed E-state index contributed by atoms with van der Waals surface area (Å²) in [7, 11) is 0. The Morgan fingerprint density at radius 1 is 1.31 bits per heavy atom. The molecule has 0 fully saturated rings. The third-order valence-electron chi connectivity index (χ3n) is 2.01. The maximum atomic E-state index is 8.99. The van der Waals surface area contributed by atoms with Crippen molar-refractivity contribution in [3.63, 3.8) is 0 Å². The molecule has 16 heavy (non-hydrogen) atoms. The molecule has 0 spiro atoms. The first kappa shape index (κ1) is 10.7. The molecule has 78 valence electrons. The molecule has 1 heterocycles. The molecule has 0 atom stereocenters. The van der Waals surface area contributed by atoms with Crippen molar-refractivity contribution in [2.75, 3.05) is 0 Å². The van der Waals surface area contributed by atoms with Crippen molar-refractivity contribution < 1.29 is 0 Å². The van der Waals surface area contributed by atoms with Crippen LogP contribution in [0, 0.1) is 18.3 Å². The van der Waals surface area contributed by atoms with E-state index >= 15 is 0 Å². The maximum Gasteiger partial charge on any atom is 0.119 e. The predicted octanol–water partition coefficient (Wildman–Crippen LogP) is 2.81. The molecule has 0 aliphatic rings. The molecule has 4 heteroatoms. The minimum atomic E-state index is 0.668. The first-order chi connectivity index (χ1) is 7.79. The zero-order valence-electron chi connectivity index (χ0n) is 8.71. The monoisotopic (exact) mass is 227 g/mol. The van der Waals surface area contributed by atoms with E-state index in [-0.39, 0.29) is 0 Å². The fraction of sp³-hybridized carbons (Fsp3) is 0.0833. The Hall–Kier alpha value is -1.86. The van der Waals surface area contributed by atoms with Crippen LogP contribution in [0.1, 0.15) is 11.1 Å². The molecule has 0 aliphatic heterocycles. The molecule has 0 bridgehead atoms. The van der Waals surface area contributed by atoms with Crippen LogP contribution in [0.3, 0.4) is 0 Å². The highest BCUT2D eigenvalue weighted by Crippen LogP contribution is 2.28. The van der Waals surface area contributed by atoms with Crippen LogP contribution in [0.25, 0.3) is 0 Å². The highest BCUT2D eigenvalue weighted by atomic mass is 32.2. The van der Waals surface area contributed by atoms with Crippen LogP contribution < -0.4 is 0 Å². The number of aromatic nitrogens is 2. The van der Waals surface area contributed by atoms with Crippen LogP contribution in [-0.2, 0) is 0 Å². The van der Waals surface area contributed by atoms with Gasteiger partial charge in [-0.05, 0) is 24.6 Å². The van der Waals surface area contributed by atoms with Crippen LogP contribution >= 0.6 is 11.8 Å². The van der Waals surface area contributed by atoms with Gasteiger partial charge >= 0.3 is 0 Å². The van der Waals surface area contributed by atoms with E-state index < -0.39 is 0 Å². The molecule has 2 aromatic rings. The maximum absolute atomic E-state index is 8.99. The lowest BCUT2D eigenvalue weighted by Crippen LogP contribution is -1.85. The van der Waals surface area contributed by atoms with Crippen LogP contribution in [0.4, 0.5) is 0 Å². The standard InChI is InChI=1S/C12H9N3S/c1-9-2-3-10(7-13)11(6-9)16-12-8-14-4-5-15-12/h2-6,8H,1H3. The van der Waals surface area contributed by atoms with Crippen molar-refractivity contribution in [2.24, 2.45) is 0 Å². The Morgan fingerprint density at radius 3 is 2.88 bits per heavy atom. The third-order valence-corrected chi connectivity index (χ3v) is 2.99. The minimum Gasteiger partial charge on any atom is -0.260 e. The first-order valence-corrected chi connectivity index (χ1v) is 5.56. The van der Waals surface area contributed by atoms with Crippen LogP contribution in [0.15, 0.2) is 46.7 Å². The normalized spacial score (nSPS) is 9.75. The second-order valence-electron chi connectivity index (χ2n) is 3.26. The Labute approximate surface area is 98.2 Å². The molecule has 0 radical (unpaired) electrons. The van der Waals surface area contributed by atoms with E-state index in [0.717, 1.165) is 15.5 Å². The number of hydrogen-bond acceptors (Lipinski definition) is 4. The summed E-state index contributed by atoms with van der Waals surface area (Å²) in [4.78, 5) is 9.08. The van der Waals surface area contributed by atoms with Gasteiger partial charge in [0.15, 0.2) is 0 Å². The van der Waals surface area contributed by atoms with Gasteiger partial charge in [-0.1, -0.05) is 17.8 Å². The third kappa shape index (κ3) is 2.38. The lowest BCUT2D eigenvalue weighted by Gasteiger charge is -2.03. The molecule has 0 aliphatic carbocycles. The smallest absolute Gasteiger partial charge is 0.119 e. The molecule has 3 nitrogen and oxygen atoms in total. The lowest BCUT2D eigenvalue weighted by molar-refractivity contribution is 1.05. The fourth-order valence-corrected chi connectivity index (χ4v) is 2.18. The van der Waals surface area contributed by atoms with Crippen molar-refractivity contribution >= 4 is 11.8 Å². The van der Waals surface area contributed by atoms with Crippen LogP contribution in [-0.4, -0.2) is 9.97 Å². The second kappa shape index (κ2) is 4.77. The van der Waals surface area contributed by atoms with Gasteiger partial charge in [0, 0.05) is 17.3 Å². The number of nitriles is 1. The Balaban J connectivity index is 2.35. The summed E-state index contributed by atoms with van der Waals surface area (Å²) in [5.74, 6) is 0. The van der Waals surface area contributed by atoms with Gasteiger partial charge in [0.05, 0.1) is 11.8 Å². The van der Waals surface area contributed by atoms with Crippen molar-refractivity contribution in [3.05, 3.63) is 47.9 Å².